The molecule has 0 aliphatic carbocycles. The Morgan fingerprint density at radius 2 is 2.00 bits per heavy atom. The zero-order valence-corrected chi connectivity index (χ0v) is 11.6. The largest absolute Gasteiger partial charge is 0.409 e. The Labute approximate surface area is 109 Å². The van der Waals surface area contributed by atoms with Crippen molar-refractivity contribution in [1.82, 2.24) is 10.6 Å². The van der Waals surface area contributed by atoms with Crippen LogP contribution in [0.2, 0.25) is 0 Å². The Kier molecular flexibility index (Phi) is 8.11. The van der Waals surface area contributed by atoms with E-state index in [1.54, 1.807) is 0 Å². The number of amidine groups is 1. The molecule has 0 fully saturated rings. The molecule has 0 aromatic carbocycles. The zero-order chi connectivity index (χ0) is 14.0. The van der Waals surface area contributed by atoms with Gasteiger partial charge in [0.1, 0.15) is 5.84 Å². The number of carbonyl (C=O) groups excluding carboxylic acids is 1. The summed E-state index contributed by atoms with van der Waals surface area (Å²) in [5.74, 6) is 0.296. The van der Waals surface area contributed by atoms with Crippen molar-refractivity contribution < 1.29 is 10.0 Å². The van der Waals surface area contributed by atoms with E-state index in [4.69, 9.17) is 10.9 Å². The maximum atomic E-state index is 11.3. The highest BCUT2D eigenvalue weighted by molar-refractivity contribution is 5.85. The van der Waals surface area contributed by atoms with Crippen LogP contribution in [0.25, 0.3) is 0 Å². The molecule has 0 rings (SSSR count). The van der Waals surface area contributed by atoms with Gasteiger partial charge in [0.15, 0.2) is 0 Å². The van der Waals surface area contributed by atoms with E-state index in [1.165, 1.54) is 0 Å². The van der Waals surface area contributed by atoms with Crippen molar-refractivity contribution in [3.8, 4) is 0 Å². The molecule has 6 heteroatoms. The number of nitrogens with two attached hydrogens (primary N) is 1. The lowest BCUT2D eigenvalue weighted by atomic mass is 9.88. The van der Waals surface area contributed by atoms with Gasteiger partial charge >= 0.3 is 0 Å². The lowest BCUT2D eigenvalue weighted by Gasteiger charge is -2.22. The van der Waals surface area contributed by atoms with Crippen LogP contribution in [0.15, 0.2) is 5.16 Å². The summed E-state index contributed by atoms with van der Waals surface area (Å²) in [5, 5.41) is 17.6. The Morgan fingerprint density at radius 1 is 1.33 bits per heavy atom. The second kappa shape index (κ2) is 8.74. The minimum atomic E-state index is -0.341. The van der Waals surface area contributed by atoms with Crippen LogP contribution >= 0.6 is 0 Å². The summed E-state index contributed by atoms with van der Waals surface area (Å²) >= 11 is 0. The van der Waals surface area contributed by atoms with Crippen LogP contribution in [0.4, 0.5) is 0 Å². The number of oxime groups is 1. The van der Waals surface area contributed by atoms with E-state index in [0.29, 0.717) is 13.0 Å². The SMILES string of the molecule is CCCNC(=O)CCNCCC(C)(C)C(N)=NO. The van der Waals surface area contributed by atoms with Gasteiger partial charge in [-0.15, -0.1) is 0 Å². The van der Waals surface area contributed by atoms with Crippen LogP contribution in [0, 0.1) is 5.41 Å². The molecule has 0 radical (unpaired) electrons. The Balaban J connectivity index is 3.65. The van der Waals surface area contributed by atoms with Crippen LogP contribution in [-0.2, 0) is 4.79 Å². The molecule has 106 valence electrons. The highest BCUT2D eigenvalue weighted by Gasteiger charge is 2.22. The van der Waals surface area contributed by atoms with E-state index in [9.17, 15) is 4.79 Å². The summed E-state index contributed by atoms with van der Waals surface area (Å²) in [4.78, 5) is 11.3. The second-order valence-corrected chi connectivity index (χ2v) is 4.97. The third kappa shape index (κ3) is 7.11. The summed E-state index contributed by atoms with van der Waals surface area (Å²) in [6.45, 7) is 7.95. The Hall–Kier alpha value is -1.30. The molecule has 0 unspecified atom stereocenters. The number of rotatable bonds is 9. The molecular formula is C12H26N4O2. The van der Waals surface area contributed by atoms with Crippen molar-refractivity contribution in [1.29, 1.82) is 0 Å². The van der Waals surface area contributed by atoms with Gasteiger partial charge in [-0.2, -0.15) is 0 Å². The highest BCUT2D eigenvalue weighted by atomic mass is 16.4. The second-order valence-electron chi connectivity index (χ2n) is 4.97. The maximum absolute atomic E-state index is 11.3. The summed E-state index contributed by atoms with van der Waals surface area (Å²) < 4.78 is 0. The van der Waals surface area contributed by atoms with E-state index in [0.717, 1.165) is 25.9 Å². The van der Waals surface area contributed by atoms with E-state index in [1.807, 2.05) is 20.8 Å². The van der Waals surface area contributed by atoms with Crippen LogP contribution < -0.4 is 16.4 Å². The molecular weight excluding hydrogens is 232 g/mol. The van der Waals surface area contributed by atoms with Gasteiger partial charge in [0, 0.05) is 24.9 Å². The number of carbonyl (C=O) groups is 1. The standard InChI is InChI=1S/C12H26N4O2/c1-4-7-15-10(17)5-8-14-9-6-12(2,3)11(13)16-18/h14,18H,4-9H2,1-3H3,(H2,13,16)(H,15,17). The fourth-order valence-corrected chi connectivity index (χ4v) is 1.34. The van der Waals surface area contributed by atoms with Gasteiger partial charge in [0.2, 0.25) is 5.91 Å². The molecule has 0 heterocycles. The number of nitrogens with zero attached hydrogens (tertiary/aromatic N) is 1. The van der Waals surface area contributed by atoms with Crippen molar-refractivity contribution in [2.75, 3.05) is 19.6 Å². The molecule has 0 spiro atoms. The number of amides is 1. The Morgan fingerprint density at radius 3 is 2.56 bits per heavy atom. The van der Waals surface area contributed by atoms with Crippen LogP contribution in [0.3, 0.4) is 0 Å². The number of nitrogens with one attached hydrogen (secondary N) is 2. The predicted molar refractivity (Wildman–Crippen MR) is 72.6 cm³/mol. The molecule has 0 aliphatic heterocycles. The molecule has 5 N–H and O–H groups in total. The van der Waals surface area contributed by atoms with E-state index in [-0.39, 0.29) is 17.2 Å². The summed E-state index contributed by atoms with van der Waals surface area (Å²) in [7, 11) is 0. The van der Waals surface area contributed by atoms with Crippen LogP contribution in [-0.4, -0.2) is 36.6 Å². The van der Waals surface area contributed by atoms with Crippen molar-refractivity contribution in [2.45, 2.75) is 40.0 Å². The summed E-state index contributed by atoms with van der Waals surface area (Å²) in [6, 6.07) is 0. The molecule has 0 atom stereocenters. The van der Waals surface area contributed by atoms with Gasteiger partial charge < -0.3 is 21.6 Å². The monoisotopic (exact) mass is 258 g/mol. The first kappa shape index (κ1) is 16.7. The molecule has 1 amide bonds. The van der Waals surface area contributed by atoms with Crippen LogP contribution in [0.1, 0.15) is 40.0 Å². The van der Waals surface area contributed by atoms with E-state index < -0.39 is 0 Å². The maximum Gasteiger partial charge on any atom is 0.221 e. The minimum Gasteiger partial charge on any atom is -0.409 e. The first-order chi connectivity index (χ1) is 8.44. The topological polar surface area (TPSA) is 99.7 Å². The third-order valence-electron chi connectivity index (χ3n) is 2.83. The molecule has 0 aliphatic rings. The van der Waals surface area contributed by atoms with Crippen LogP contribution in [0.5, 0.6) is 0 Å². The lowest BCUT2D eigenvalue weighted by molar-refractivity contribution is -0.120. The number of hydrogen-bond donors (Lipinski definition) is 4. The minimum absolute atomic E-state index is 0.0695. The zero-order valence-electron chi connectivity index (χ0n) is 11.6. The first-order valence-corrected chi connectivity index (χ1v) is 6.39. The summed E-state index contributed by atoms with van der Waals surface area (Å²) in [5.41, 5.74) is 5.24. The molecule has 18 heavy (non-hydrogen) atoms. The predicted octanol–water partition coefficient (Wildman–Crippen LogP) is 0.655. The molecule has 0 bridgehead atoms. The van der Waals surface area contributed by atoms with Gasteiger partial charge in [-0.25, -0.2) is 0 Å². The average Bonchev–Trinajstić information content (AvgIpc) is 2.34. The molecule has 6 nitrogen and oxygen atoms in total. The molecule has 0 aromatic heterocycles. The molecule has 0 saturated carbocycles. The fraction of sp³-hybridized carbons (Fsp3) is 0.833. The summed E-state index contributed by atoms with van der Waals surface area (Å²) in [6.07, 6.45) is 2.18. The van der Waals surface area contributed by atoms with Crippen molar-refractivity contribution in [3.05, 3.63) is 0 Å². The van der Waals surface area contributed by atoms with Crippen molar-refractivity contribution >= 4 is 11.7 Å². The smallest absolute Gasteiger partial charge is 0.221 e. The van der Waals surface area contributed by atoms with E-state index >= 15 is 0 Å². The first-order valence-electron chi connectivity index (χ1n) is 6.39. The van der Waals surface area contributed by atoms with Gasteiger partial charge in [-0.05, 0) is 19.4 Å². The quantitative estimate of drug-likeness (QED) is 0.160. The third-order valence-corrected chi connectivity index (χ3v) is 2.83. The normalized spacial score (nSPS) is 12.5. The van der Waals surface area contributed by atoms with Gasteiger partial charge in [0.25, 0.3) is 0 Å². The number of hydrogen-bond acceptors (Lipinski definition) is 4. The van der Waals surface area contributed by atoms with E-state index in [2.05, 4.69) is 15.8 Å². The average molecular weight is 258 g/mol. The van der Waals surface area contributed by atoms with Gasteiger partial charge in [0.05, 0.1) is 0 Å². The molecule has 0 saturated heterocycles. The van der Waals surface area contributed by atoms with Crippen molar-refractivity contribution in [3.63, 3.8) is 0 Å². The highest BCUT2D eigenvalue weighted by Crippen LogP contribution is 2.19. The lowest BCUT2D eigenvalue weighted by Crippen LogP contribution is -2.35. The van der Waals surface area contributed by atoms with Gasteiger partial charge in [-0.3, -0.25) is 4.79 Å². The fourth-order valence-electron chi connectivity index (χ4n) is 1.34. The Bertz CT molecular complexity index is 277. The van der Waals surface area contributed by atoms with Crippen molar-refractivity contribution in [2.24, 2.45) is 16.3 Å². The molecule has 0 aromatic rings. The van der Waals surface area contributed by atoms with Gasteiger partial charge in [-0.1, -0.05) is 25.9 Å².